The van der Waals surface area contributed by atoms with Crippen molar-refractivity contribution in [1.82, 2.24) is 19.9 Å². The molecule has 0 radical (unpaired) electrons. The molecule has 1 aliphatic rings. The molecular formula is C22H20N6S. The van der Waals surface area contributed by atoms with E-state index in [1.54, 1.807) is 6.20 Å². The summed E-state index contributed by atoms with van der Waals surface area (Å²) in [4.78, 5) is 15.5. The van der Waals surface area contributed by atoms with E-state index in [1.807, 2.05) is 18.3 Å². The number of likely N-dealkylation sites (tertiary alicyclic amines) is 1. The van der Waals surface area contributed by atoms with Gasteiger partial charge in [-0.15, -0.1) is 0 Å². The molecule has 29 heavy (non-hydrogen) atoms. The number of nitrogens with one attached hydrogen (secondary N) is 2. The second-order valence-corrected chi connectivity index (χ2v) is 8.23. The maximum absolute atomic E-state index is 8.98. The van der Waals surface area contributed by atoms with Crippen LogP contribution in [0, 0.1) is 11.3 Å². The van der Waals surface area contributed by atoms with Crippen molar-refractivity contribution in [3.8, 4) is 6.07 Å². The van der Waals surface area contributed by atoms with Crippen LogP contribution in [0.4, 0.5) is 10.9 Å². The number of benzene rings is 1. The molecule has 1 aliphatic heterocycles. The van der Waals surface area contributed by atoms with Gasteiger partial charge in [-0.25, -0.2) is 9.97 Å². The first-order valence-electron chi connectivity index (χ1n) is 9.69. The number of thiazole rings is 1. The van der Waals surface area contributed by atoms with Gasteiger partial charge in [0.2, 0.25) is 0 Å². The molecule has 0 amide bonds. The Hall–Kier alpha value is -3.21. The summed E-state index contributed by atoms with van der Waals surface area (Å²) < 4.78 is 0. The van der Waals surface area contributed by atoms with E-state index in [9.17, 15) is 0 Å². The van der Waals surface area contributed by atoms with Crippen LogP contribution in [0.25, 0.3) is 10.9 Å². The molecule has 1 aromatic carbocycles. The van der Waals surface area contributed by atoms with Crippen molar-refractivity contribution in [2.45, 2.75) is 25.4 Å². The van der Waals surface area contributed by atoms with Crippen molar-refractivity contribution in [2.24, 2.45) is 0 Å². The van der Waals surface area contributed by atoms with Crippen LogP contribution in [-0.2, 0) is 6.54 Å². The highest BCUT2D eigenvalue weighted by Gasteiger charge is 2.27. The zero-order valence-electron chi connectivity index (χ0n) is 15.8. The summed E-state index contributed by atoms with van der Waals surface area (Å²) in [5.74, 6) is 0.765. The number of aromatic nitrogens is 3. The highest BCUT2D eigenvalue weighted by atomic mass is 32.1. The number of pyridine rings is 1. The molecule has 0 spiro atoms. The van der Waals surface area contributed by atoms with Crippen molar-refractivity contribution >= 4 is 33.2 Å². The smallest absolute Gasteiger partial charge is 0.189 e. The zero-order valence-corrected chi connectivity index (χ0v) is 16.6. The van der Waals surface area contributed by atoms with Crippen LogP contribution in [-0.4, -0.2) is 26.4 Å². The molecule has 6 nitrogen and oxygen atoms in total. The number of fused-ring (bicyclic) bond motifs is 1. The Balaban J connectivity index is 1.37. The van der Waals surface area contributed by atoms with Crippen LogP contribution in [0.1, 0.15) is 35.0 Å². The van der Waals surface area contributed by atoms with Crippen LogP contribution in [0.3, 0.4) is 0 Å². The molecule has 4 aromatic rings. The minimum absolute atomic E-state index is 0.303. The van der Waals surface area contributed by atoms with Gasteiger partial charge < -0.3 is 10.3 Å². The van der Waals surface area contributed by atoms with Crippen LogP contribution >= 0.6 is 11.3 Å². The van der Waals surface area contributed by atoms with E-state index < -0.39 is 0 Å². The fraction of sp³-hybridized carbons (Fsp3) is 0.227. The molecule has 4 heterocycles. The monoisotopic (exact) mass is 400 g/mol. The third-order valence-corrected chi connectivity index (χ3v) is 6.20. The van der Waals surface area contributed by atoms with E-state index in [-0.39, 0.29) is 0 Å². The molecule has 1 saturated heterocycles. The first kappa shape index (κ1) is 17.9. The largest absolute Gasteiger partial charge is 0.361 e. The van der Waals surface area contributed by atoms with Crippen molar-refractivity contribution in [3.63, 3.8) is 0 Å². The standard InChI is InChI=1S/C22H20N6S/c23-12-16-13-25-22(29-16)27-21-8-2-6-19(26-21)20-7-3-11-28(20)14-15-4-1-5-18-17(15)9-10-24-18/h1-2,4-6,8-10,13,20,24H,3,7,11,14H2,(H,25,26,27)/t20-/m0/s1. The molecule has 5 rings (SSSR count). The molecule has 1 fully saturated rings. The average Bonchev–Trinajstić information content (AvgIpc) is 3.49. The fourth-order valence-electron chi connectivity index (χ4n) is 4.06. The van der Waals surface area contributed by atoms with Crippen molar-refractivity contribution in [1.29, 1.82) is 5.26 Å². The van der Waals surface area contributed by atoms with Gasteiger partial charge in [0.15, 0.2) is 5.13 Å². The Morgan fingerprint density at radius 3 is 3.07 bits per heavy atom. The van der Waals surface area contributed by atoms with Crippen LogP contribution in [0.5, 0.6) is 0 Å². The molecule has 0 unspecified atom stereocenters. The van der Waals surface area contributed by atoms with E-state index >= 15 is 0 Å². The van der Waals surface area contributed by atoms with Gasteiger partial charge in [-0.3, -0.25) is 4.90 Å². The summed E-state index contributed by atoms with van der Waals surface area (Å²) in [6.07, 6.45) is 5.86. The number of nitriles is 1. The molecule has 7 heteroatoms. The normalized spacial score (nSPS) is 16.9. The molecule has 0 aliphatic carbocycles. The second-order valence-electron chi connectivity index (χ2n) is 7.20. The quantitative estimate of drug-likeness (QED) is 0.494. The number of nitrogens with zero attached hydrogens (tertiary/aromatic N) is 4. The molecule has 144 valence electrons. The van der Waals surface area contributed by atoms with Gasteiger partial charge in [0.25, 0.3) is 0 Å². The van der Waals surface area contributed by atoms with Gasteiger partial charge in [-0.05, 0) is 49.2 Å². The predicted octanol–water partition coefficient (Wildman–Crippen LogP) is 4.97. The molecule has 2 N–H and O–H groups in total. The Morgan fingerprint density at radius 2 is 2.17 bits per heavy atom. The predicted molar refractivity (Wildman–Crippen MR) is 115 cm³/mol. The Kier molecular flexibility index (Phi) is 4.72. The fourth-order valence-corrected chi connectivity index (χ4v) is 4.68. The molecule has 3 aromatic heterocycles. The summed E-state index contributed by atoms with van der Waals surface area (Å²) in [6.45, 7) is 1.99. The molecule has 0 saturated carbocycles. The lowest BCUT2D eigenvalue weighted by Crippen LogP contribution is -2.23. The first-order chi connectivity index (χ1) is 14.3. The van der Waals surface area contributed by atoms with Gasteiger partial charge in [0.05, 0.1) is 17.9 Å². The number of aromatic amines is 1. The Morgan fingerprint density at radius 1 is 1.24 bits per heavy atom. The zero-order chi connectivity index (χ0) is 19.6. The van der Waals surface area contributed by atoms with Gasteiger partial charge in [-0.1, -0.05) is 29.5 Å². The highest BCUT2D eigenvalue weighted by molar-refractivity contribution is 7.16. The van der Waals surface area contributed by atoms with E-state index in [0.717, 1.165) is 31.0 Å². The highest BCUT2D eigenvalue weighted by Crippen LogP contribution is 2.34. The molecule has 0 bridgehead atoms. The van der Waals surface area contributed by atoms with Crippen molar-refractivity contribution < 1.29 is 0 Å². The summed E-state index contributed by atoms with van der Waals surface area (Å²) >= 11 is 1.33. The van der Waals surface area contributed by atoms with E-state index in [1.165, 1.54) is 34.2 Å². The van der Waals surface area contributed by atoms with Gasteiger partial charge >= 0.3 is 0 Å². The number of anilines is 2. The maximum atomic E-state index is 8.98. The lowest BCUT2D eigenvalue weighted by Gasteiger charge is -2.24. The number of hydrogen-bond donors (Lipinski definition) is 2. The van der Waals surface area contributed by atoms with Crippen molar-refractivity contribution in [3.05, 3.63) is 71.0 Å². The number of H-pyrrole nitrogens is 1. The Bertz CT molecular complexity index is 1190. The second kappa shape index (κ2) is 7.66. The molecular weight excluding hydrogens is 380 g/mol. The first-order valence-corrected chi connectivity index (χ1v) is 10.5. The molecule has 1 atom stereocenters. The SMILES string of the molecule is N#Cc1cnc(Nc2cccc([C@@H]3CCCN3Cc3cccc4[nH]ccc34)n2)s1. The lowest BCUT2D eigenvalue weighted by atomic mass is 10.1. The van der Waals surface area contributed by atoms with E-state index in [0.29, 0.717) is 16.1 Å². The van der Waals surface area contributed by atoms with Crippen molar-refractivity contribution in [2.75, 3.05) is 11.9 Å². The van der Waals surface area contributed by atoms with E-state index in [2.05, 4.69) is 56.6 Å². The summed E-state index contributed by atoms with van der Waals surface area (Å²) in [6, 6.07) is 17.1. The van der Waals surface area contributed by atoms with Crippen LogP contribution in [0.15, 0.2) is 54.9 Å². The van der Waals surface area contributed by atoms with Gasteiger partial charge in [0, 0.05) is 23.6 Å². The topological polar surface area (TPSA) is 80.6 Å². The average molecular weight is 401 g/mol. The number of hydrogen-bond acceptors (Lipinski definition) is 6. The lowest BCUT2D eigenvalue weighted by molar-refractivity contribution is 0.245. The minimum atomic E-state index is 0.303. The minimum Gasteiger partial charge on any atom is -0.361 e. The summed E-state index contributed by atoms with van der Waals surface area (Å²) in [7, 11) is 0. The maximum Gasteiger partial charge on any atom is 0.189 e. The van der Waals surface area contributed by atoms with E-state index in [4.69, 9.17) is 10.2 Å². The summed E-state index contributed by atoms with van der Waals surface area (Å²) in [5.41, 5.74) is 3.60. The van der Waals surface area contributed by atoms with Crippen LogP contribution in [0.2, 0.25) is 0 Å². The van der Waals surface area contributed by atoms with Gasteiger partial charge in [-0.2, -0.15) is 5.26 Å². The third kappa shape index (κ3) is 3.60. The Labute approximate surface area is 172 Å². The summed E-state index contributed by atoms with van der Waals surface area (Å²) in [5, 5.41) is 14.2. The van der Waals surface area contributed by atoms with Gasteiger partial charge in [0.1, 0.15) is 16.8 Å². The number of rotatable bonds is 5. The third-order valence-electron chi connectivity index (χ3n) is 5.39. The van der Waals surface area contributed by atoms with Crippen LogP contribution < -0.4 is 5.32 Å².